The molecule has 3 N–H and O–H groups in total. The lowest BCUT2D eigenvalue weighted by Crippen LogP contribution is -2.09. The van der Waals surface area contributed by atoms with Gasteiger partial charge in [-0.2, -0.15) is 0 Å². The molecule has 0 atom stereocenters. The molecule has 1 aromatic rings. The zero-order valence-electron chi connectivity index (χ0n) is 8.80. The van der Waals surface area contributed by atoms with E-state index in [1.165, 1.54) is 0 Å². The molecule has 0 fully saturated rings. The average Bonchev–Trinajstić information content (AvgIpc) is 2.22. The Bertz CT molecular complexity index is 369. The van der Waals surface area contributed by atoms with Crippen LogP contribution in [0.15, 0.2) is 18.2 Å². The quantitative estimate of drug-likeness (QED) is 0.446. The SMILES string of the molecule is N=C(N)CCCCOc1cc(F)ccc1F. The summed E-state index contributed by atoms with van der Waals surface area (Å²) in [5.41, 5.74) is 5.16. The zero-order chi connectivity index (χ0) is 12.0. The number of hydrogen-bond acceptors (Lipinski definition) is 2. The minimum atomic E-state index is -0.576. The van der Waals surface area contributed by atoms with Crippen molar-refractivity contribution >= 4 is 5.84 Å². The Kier molecular flexibility index (Phi) is 4.69. The van der Waals surface area contributed by atoms with Gasteiger partial charge in [-0.1, -0.05) is 0 Å². The first-order valence-corrected chi connectivity index (χ1v) is 5.00. The van der Waals surface area contributed by atoms with Crippen LogP contribution in [0.4, 0.5) is 8.78 Å². The highest BCUT2D eigenvalue weighted by molar-refractivity contribution is 5.76. The van der Waals surface area contributed by atoms with E-state index in [0.717, 1.165) is 18.2 Å². The third-order valence-electron chi connectivity index (χ3n) is 1.99. The number of nitrogens with one attached hydrogen (secondary N) is 1. The lowest BCUT2D eigenvalue weighted by Gasteiger charge is -2.06. The Morgan fingerprint density at radius 2 is 2.06 bits per heavy atom. The maximum absolute atomic E-state index is 13.1. The minimum Gasteiger partial charge on any atom is -0.490 e. The van der Waals surface area contributed by atoms with E-state index in [9.17, 15) is 8.78 Å². The van der Waals surface area contributed by atoms with Crippen LogP contribution in [0.25, 0.3) is 0 Å². The number of ether oxygens (including phenoxy) is 1. The number of amidine groups is 1. The molecule has 0 amide bonds. The number of hydrogen-bond donors (Lipinski definition) is 2. The highest BCUT2D eigenvalue weighted by Crippen LogP contribution is 2.18. The molecule has 0 aliphatic rings. The van der Waals surface area contributed by atoms with Crippen molar-refractivity contribution in [3.63, 3.8) is 0 Å². The van der Waals surface area contributed by atoms with Gasteiger partial charge in [0.15, 0.2) is 11.6 Å². The molecule has 3 nitrogen and oxygen atoms in total. The summed E-state index contributed by atoms with van der Waals surface area (Å²) in [6.45, 7) is 0.285. The maximum atomic E-state index is 13.1. The van der Waals surface area contributed by atoms with Gasteiger partial charge in [-0.05, 0) is 25.0 Å². The fraction of sp³-hybridized carbons (Fsp3) is 0.364. The van der Waals surface area contributed by atoms with Crippen molar-refractivity contribution in [2.45, 2.75) is 19.3 Å². The molecule has 0 saturated heterocycles. The van der Waals surface area contributed by atoms with Gasteiger partial charge in [0.2, 0.25) is 0 Å². The summed E-state index contributed by atoms with van der Waals surface area (Å²) < 4.78 is 30.9. The molecule has 1 aromatic carbocycles. The van der Waals surface area contributed by atoms with Crippen LogP contribution in [0.5, 0.6) is 5.75 Å². The molecule has 0 heterocycles. The average molecular weight is 228 g/mol. The maximum Gasteiger partial charge on any atom is 0.165 e. The van der Waals surface area contributed by atoms with E-state index >= 15 is 0 Å². The predicted molar refractivity (Wildman–Crippen MR) is 57.6 cm³/mol. The fourth-order valence-corrected chi connectivity index (χ4v) is 1.19. The summed E-state index contributed by atoms with van der Waals surface area (Å²) in [6, 6.07) is 3.08. The van der Waals surface area contributed by atoms with Crippen molar-refractivity contribution in [1.82, 2.24) is 0 Å². The van der Waals surface area contributed by atoms with E-state index in [4.69, 9.17) is 15.9 Å². The first-order valence-electron chi connectivity index (χ1n) is 5.00. The second-order valence-corrected chi connectivity index (χ2v) is 3.41. The van der Waals surface area contributed by atoms with Crippen LogP contribution in [0.2, 0.25) is 0 Å². The van der Waals surface area contributed by atoms with E-state index in [-0.39, 0.29) is 18.2 Å². The van der Waals surface area contributed by atoms with Crippen LogP contribution >= 0.6 is 0 Å². The van der Waals surface area contributed by atoms with Gasteiger partial charge in [0.25, 0.3) is 0 Å². The van der Waals surface area contributed by atoms with E-state index in [1.807, 2.05) is 0 Å². The van der Waals surface area contributed by atoms with Crippen LogP contribution in [-0.2, 0) is 0 Å². The molecule has 0 bridgehead atoms. The number of halogens is 2. The lowest BCUT2D eigenvalue weighted by molar-refractivity contribution is 0.291. The van der Waals surface area contributed by atoms with Gasteiger partial charge in [-0.3, -0.25) is 5.41 Å². The molecule has 0 aromatic heterocycles. The van der Waals surface area contributed by atoms with Gasteiger partial charge in [-0.25, -0.2) is 8.78 Å². The topological polar surface area (TPSA) is 59.1 Å². The monoisotopic (exact) mass is 228 g/mol. The van der Waals surface area contributed by atoms with Crippen LogP contribution in [-0.4, -0.2) is 12.4 Å². The Morgan fingerprint density at radius 1 is 1.31 bits per heavy atom. The molecule has 0 saturated carbocycles. The number of benzene rings is 1. The lowest BCUT2D eigenvalue weighted by atomic mass is 10.2. The zero-order valence-corrected chi connectivity index (χ0v) is 8.80. The Morgan fingerprint density at radius 3 is 2.75 bits per heavy atom. The van der Waals surface area contributed by atoms with Crippen LogP contribution in [0, 0.1) is 17.0 Å². The molecule has 5 heteroatoms. The largest absolute Gasteiger partial charge is 0.490 e. The molecular weight excluding hydrogens is 214 g/mol. The molecule has 1 rings (SSSR count). The third kappa shape index (κ3) is 4.25. The van der Waals surface area contributed by atoms with Crippen LogP contribution < -0.4 is 10.5 Å². The Labute approximate surface area is 92.7 Å². The molecular formula is C11H14F2N2O. The smallest absolute Gasteiger partial charge is 0.165 e. The highest BCUT2D eigenvalue weighted by Gasteiger charge is 2.04. The summed E-state index contributed by atoms with van der Waals surface area (Å²) in [5.74, 6) is -1.06. The first-order chi connectivity index (χ1) is 7.59. The molecule has 0 spiro atoms. The predicted octanol–water partition coefficient (Wildman–Crippen LogP) is 2.45. The van der Waals surface area contributed by atoms with Crippen molar-refractivity contribution in [3.05, 3.63) is 29.8 Å². The van der Waals surface area contributed by atoms with Gasteiger partial charge in [0, 0.05) is 12.5 Å². The van der Waals surface area contributed by atoms with Crippen LogP contribution in [0.3, 0.4) is 0 Å². The van der Waals surface area contributed by atoms with E-state index in [0.29, 0.717) is 19.3 Å². The van der Waals surface area contributed by atoms with Gasteiger partial charge in [0.1, 0.15) is 5.82 Å². The van der Waals surface area contributed by atoms with Gasteiger partial charge in [-0.15, -0.1) is 0 Å². The second-order valence-electron chi connectivity index (χ2n) is 3.41. The van der Waals surface area contributed by atoms with Crippen LogP contribution in [0.1, 0.15) is 19.3 Å². The summed E-state index contributed by atoms with van der Waals surface area (Å²) in [4.78, 5) is 0. The molecule has 16 heavy (non-hydrogen) atoms. The summed E-state index contributed by atoms with van der Waals surface area (Å²) in [6.07, 6.45) is 1.84. The van der Waals surface area contributed by atoms with Crippen molar-refractivity contribution in [1.29, 1.82) is 5.41 Å². The molecule has 88 valence electrons. The first kappa shape index (κ1) is 12.4. The van der Waals surface area contributed by atoms with Gasteiger partial charge < -0.3 is 10.5 Å². The third-order valence-corrected chi connectivity index (χ3v) is 1.99. The van der Waals surface area contributed by atoms with Crippen molar-refractivity contribution in [2.24, 2.45) is 5.73 Å². The number of rotatable bonds is 6. The minimum absolute atomic E-state index is 0.0807. The van der Waals surface area contributed by atoms with Crippen molar-refractivity contribution < 1.29 is 13.5 Å². The van der Waals surface area contributed by atoms with Crippen molar-refractivity contribution in [2.75, 3.05) is 6.61 Å². The summed E-state index contributed by atoms with van der Waals surface area (Å²) in [5, 5.41) is 6.98. The summed E-state index contributed by atoms with van der Waals surface area (Å²) >= 11 is 0. The number of unbranched alkanes of at least 4 members (excludes halogenated alkanes) is 1. The van der Waals surface area contributed by atoms with E-state index in [2.05, 4.69) is 0 Å². The number of nitrogens with two attached hydrogens (primary N) is 1. The highest BCUT2D eigenvalue weighted by atomic mass is 19.1. The molecule has 0 radical (unpaired) electrons. The summed E-state index contributed by atoms with van der Waals surface area (Å²) in [7, 11) is 0. The Balaban J connectivity index is 2.31. The Hall–Kier alpha value is -1.65. The van der Waals surface area contributed by atoms with E-state index < -0.39 is 11.6 Å². The van der Waals surface area contributed by atoms with E-state index in [1.54, 1.807) is 0 Å². The molecule has 0 unspecified atom stereocenters. The van der Waals surface area contributed by atoms with Crippen molar-refractivity contribution in [3.8, 4) is 5.75 Å². The standard InChI is InChI=1S/C11H14F2N2O/c12-8-4-5-9(13)10(7-8)16-6-2-1-3-11(14)15/h4-5,7H,1-3,6H2,(H3,14,15). The molecule has 0 aliphatic carbocycles. The fourth-order valence-electron chi connectivity index (χ4n) is 1.19. The molecule has 0 aliphatic heterocycles. The van der Waals surface area contributed by atoms with Gasteiger partial charge >= 0.3 is 0 Å². The van der Waals surface area contributed by atoms with Gasteiger partial charge in [0.05, 0.1) is 12.4 Å². The second kappa shape index (κ2) is 6.05. The normalized spacial score (nSPS) is 10.1.